The van der Waals surface area contributed by atoms with E-state index in [1.807, 2.05) is 0 Å². The molecule has 2 rings (SSSR count). The van der Waals surface area contributed by atoms with Crippen molar-refractivity contribution in [1.29, 1.82) is 0 Å². The summed E-state index contributed by atoms with van der Waals surface area (Å²) in [5, 5.41) is 2.92. The Morgan fingerprint density at radius 3 is 2.52 bits per heavy atom. The van der Waals surface area contributed by atoms with Crippen LogP contribution in [0, 0.1) is 12.8 Å². The molecule has 0 aromatic heterocycles. The van der Waals surface area contributed by atoms with Crippen molar-refractivity contribution in [3.05, 3.63) is 29.3 Å². The molecule has 27 heavy (non-hydrogen) atoms. The van der Waals surface area contributed by atoms with E-state index >= 15 is 0 Å². The fraction of sp³-hybridized carbons (Fsp3) is 0.579. The van der Waals surface area contributed by atoms with Gasteiger partial charge in [0, 0.05) is 20.1 Å². The molecule has 1 fully saturated rings. The van der Waals surface area contributed by atoms with Crippen LogP contribution in [0.1, 0.15) is 48.5 Å². The highest BCUT2D eigenvalue weighted by Crippen LogP contribution is 2.23. The molecule has 0 spiro atoms. The van der Waals surface area contributed by atoms with Crippen molar-refractivity contribution in [3.63, 3.8) is 0 Å². The maximum absolute atomic E-state index is 12.4. The lowest BCUT2D eigenvalue weighted by molar-refractivity contribution is -0.125. The summed E-state index contributed by atoms with van der Waals surface area (Å²) in [4.78, 5) is 24.5. The van der Waals surface area contributed by atoms with Crippen molar-refractivity contribution in [2.75, 3.05) is 20.7 Å². The van der Waals surface area contributed by atoms with Gasteiger partial charge in [0.25, 0.3) is 5.91 Å². The summed E-state index contributed by atoms with van der Waals surface area (Å²) in [6, 6.07) is 4.39. The second kappa shape index (κ2) is 8.84. The number of ether oxygens (including phenoxy) is 1. The van der Waals surface area contributed by atoms with Crippen molar-refractivity contribution in [2.24, 2.45) is 5.92 Å². The molecule has 8 heteroatoms. The predicted octanol–water partition coefficient (Wildman–Crippen LogP) is 2.10. The largest absolute Gasteiger partial charge is 0.452 e. The number of carbonyl (C=O) groups excluding carboxylic acids is 2. The van der Waals surface area contributed by atoms with Crippen molar-refractivity contribution in [2.45, 2.75) is 50.5 Å². The molecule has 1 N–H and O–H groups in total. The summed E-state index contributed by atoms with van der Waals surface area (Å²) in [6.45, 7) is 3.41. The number of nitrogens with one attached hydrogen (secondary N) is 1. The predicted molar refractivity (Wildman–Crippen MR) is 102 cm³/mol. The molecule has 1 saturated carbocycles. The minimum absolute atomic E-state index is 0.00512. The lowest BCUT2D eigenvalue weighted by Gasteiger charge is -2.29. The first-order valence-corrected chi connectivity index (χ1v) is 10.6. The molecule has 7 nitrogen and oxygen atoms in total. The third-order valence-corrected chi connectivity index (χ3v) is 6.81. The Hall–Kier alpha value is -1.93. The number of esters is 1. The topological polar surface area (TPSA) is 92.8 Å². The number of nitrogens with zero attached hydrogens (tertiary/aromatic N) is 1. The zero-order valence-corrected chi connectivity index (χ0v) is 17.1. The lowest BCUT2D eigenvalue weighted by Crippen LogP contribution is -2.42. The number of hydrogen-bond donors (Lipinski definition) is 1. The van der Waals surface area contributed by atoms with E-state index in [-0.39, 0.29) is 29.0 Å². The van der Waals surface area contributed by atoms with E-state index in [1.165, 1.54) is 32.6 Å². The summed E-state index contributed by atoms with van der Waals surface area (Å²) < 4.78 is 30.7. The van der Waals surface area contributed by atoms with Crippen molar-refractivity contribution >= 4 is 21.9 Å². The van der Waals surface area contributed by atoms with Gasteiger partial charge in [0.1, 0.15) is 0 Å². The van der Waals surface area contributed by atoms with Gasteiger partial charge in [-0.2, -0.15) is 0 Å². The first-order valence-electron chi connectivity index (χ1n) is 9.12. The van der Waals surface area contributed by atoms with Crippen molar-refractivity contribution in [3.8, 4) is 0 Å². The van der Waals surface area contributed by atoms with E-state index in [1.54, 1.807) is 13.0 Å². The Morgan fingerprint density at radius 1 is 1.22 bits per heavy atom. The molecule has 0 radical (unpaired) electrons. The molecule has 1 amide bonds. The standard InChI is InChI=1S/C19H28N2O5S/c1-13-9-10-15(27(24,25)21(3)4)11-16(13)19(23)26-12-18(22)20-17-8-6-5-7-14(17)2/h9-11,14,17H,5-8,12H2,1-4H3,(H,20,22)/t14-,17+/m0/s1. The molecule has 1 aromatic rings. The van der Waals surface area contributed by atoms with Crippen LogP contribution in [-0.4, -0.2) is 51.3 Å². The molecule has 1 aliphatic rings. The van der Waals surface area contributed by atoms with Crippen LogP contribution in [0.15, 0.2) is 23.1 Å². The number of amides is 1. The zero-order chi connectivity index (χ0) is 20.2. The van der Waals surface area contributed by atoms with Gasteiger partial charge in [-0.05, 0) is 43.4 Å². The Labute approximate surface area is 161 Å². The zero-order valence-electron chi connectivity index (χ0n) is 16.3. The monoisotopic (exact) mass is 396 g/mol. The van der Waals surface area contributed by atoms with Crippen molar-refractivity contribution < 1.29 is 22.7 Å². The molecule has 0 bridgehead atoms. The summed E-state index contributed by atoms with van der Waals surface area (Å²) in [6.07, 6.45) is 4.27. The molecular weight excluding hydrogens is 368 g/mol. The average Bonchev–Trinajstić information content (AvgIpc) is 2.61. The molecule has 0 heterocycles. The van der Waals surface area contributed by atoms with Crippen LogP contribution in [0.5, 0.6) is 0 Å². The summed E-state index contributed by atoms with van der Waals surface area (Å²) in [5.74, 6) is -0.638. The maximum Gasteiger partial charge on any atom is 0.338 e. The maximum atomic E-state index is 12.4. The normalized spacial score (nSPS) is 20.3. The van der Waals surface area contributed by atoms with E-state index < -0.39 is 16.0 Å². The molecular formula is C19H28N2O5S. The van der Waals surface area contributed by atoms with E-state index in [9.17, 15) is 18.0 Å². The molecule has 2 atom stereocenters. The molecule has 1 aliphatic carbocycles. The summed E-state index contributed by atoms with van der Waals surface area (Å²) >= 11 is 0. The second-order valence-corrected chi connectivity index (χ2v) is 9.43. The van der Waals surface area contributed by atoms with Gasteiger partial charge in [-0.1, -0.05) is 25.8 Å². The van der Waals surface area contributed by atoms with Gasteiger partial charge in [-0.15, -0.1) is 0 Å². The number of benzene rings is 1. The first-order chi connectivity index (χ1) is 12.6. The molecule has 0 unspecified atom stereocenters. The Kier molecular flexibility index (Phi) is 7.00. The highest BCUT2D eigenvalue weighted by molar-refractivity contribution is 7.89. The Morgan fingerprint density at radius 2 is 1.89 bits per heavy atom. The minimum atomic E-state index is -3.66. The first kappa shape index (κ1) is 21.4. The lowest BCUT2D eigenvalue weighted by atomic mass is 9.86. The van der Waals surface area contributed by atoms with E-state index in [4.69, 9.17) is 4.74 Å². The molecule has 0 saturated heterocycles. The minimum Gasteiger partial charge on any atom is -0.452 e. The smallest absolute Gasteiger partial charge is 0.338 e. The SMILES string of the molecule is Cc1ccc(S(=O)(=O)N(C)C)cc1C(=O)OCC(=O)N[C@@H]1CCCC[C@@H]1C. The van der Waals surface area contributed by atoms with E-state index in [2.05, 4.69) is 12.2 Å². The summed E-state index contributed by atoms with van der Waals surface area (Å²) in [5.41, 5.74) is 0.718. The van der Waals surface area contributed by atoms with Crippen LogP contribution in [0.4, 0.5) is 0 Å². The number of aryl methyl sites for hydroxylation is 1. The Balaban J connectivity index is 2.02. The number of carbonyl (C=O) groups is 2. The highest BCUT2D eigenvalue weighted by atomic mass is 32.2. The fourth-order valence-electron chi connectivity index (χ4n) is 3.18. The summed E-state index contributed by atoms with van der Waals surface area (Å²) in [7, 11) is -0.819. The van der Waals surface area contributed by atoms with Gasteiger partial charge in [0.2, 0.25) is 10.0 Å². The van der Waals surface area contributed by atoms with Gasteiger partial charge in [0.05, 0.1) is 10.5 Å². The quantitative estimate of drug-likeness (QED) is 0.744. The van der Waals surface area contributed by atoms with Gasteiger partial charge >= 0.3 is 5.97 Å². The van der Waals surface area contributed by atoms with E-state index in [0.717, 1.165) is 23.6 Å². The van der Waals surface area contributed by atoms with Crippen LogP contribution < -0.4 is 5.32 Å². The second-order valence-electron chi connectivity index (χ2n) is 7.28. The van der Waals surface area contributed by atoms with Gasteiger partial charge in [-0.3, -0.25) is 4.79 Å². The number of hydrogen-bond acceptors (Lipinski definition) is 5. The van der Waals surface area contributed by atoms with Gasteiger partial charge in [-0.25, -0.2) is 17.5 Å². The third kappa shape index (κ3) is 5.29. The number of sulfonamides is 1. The van der Waals surface area contributed by atoms with E-state index in [0.29, 0.717) is 11.5 Å². The Bertz CT molecular complexity index is 804. The highest BCUT2D eigenvalue weighted by Gasteiger charge is 2.24. The number of rotatable bonds is 6. The van der Waals surface area contributed by atoms with Crippen LogP contribution in [-0.2, 0) is 19.6 Å². The van der Waals surface area contributed by atoms with Gasteiger partial charge < -0.3 is 10.1 Å². The van der Waals surface area contributed by atoms with Crippen molar-refractivity contribution in [1.82, 2.24) is 9.62 Å². The fourth-order valence-corrected chi connectivity index (χ4v) is 4.11. The van der Waals surface area contributed by atoms with Crippen LogP contribution >= 0.6 is 0 Å². The van der Waals surface area contributed by atoms with Crippen LogP contribution in [0.2, 0.25) is 0 Å². The third-order valence-electron chi connectivity index (χ3n) is 5.00. The average molecular weight is 397 g/mol. The van der Waals surface area contributed by atoms with Crippen LogP contribution in [0.25, 0.3) is 0 Å². The molecule has 150 valence electrons. The van der Waals surface area contributed by atoms with Crippen LogP contribution in [0.3, 0.4) is 0 Å². The van der Waals surface area contributed by atoms with Gasteiger partial charge in [0.15, 0.2) is 6.61 Å². The molecule has 1 aromatic carbocycles. The molecule has 0 aliphatic heterocycles.